The molecule has 2 rings (SSSR count). The highest BCUT2D eigenvalue weighted by Gasteiger charge is 2.47. The zero-order chi connectivity index (χ0) is 16.9. The molecular formula is C15H23N3O4S. The van der Waals surface area contributed by atoms with Crippen molar-refractivity contribution in [1.82, 2.24) is 15.6 Å². The number of hydrogen-bond acceptors (Lipinski definition) is 6. The highest BCUT2D eigenvalue weighted by Crippen LogP contribution is 2.22. The van der Waals surface area contributed by atoms with Crippen molar-refractivity contribution in [1.29, 1.82) is 0 Å². The second-order valence-electron chi connectivity index (χ2n) is 5.45. The smallest absolute Gasteiger partial charge is 0.313 e. The lowest BCUT2D eigenvalue weighted by molar-refractivity contribution is -0.145. The van der Waals surface area contributed by atoms with Crippen LogP contribution in [0.2, 0.25) is 0 Å². The summed E-state index contributed by atoms with van der Waals surface area (Å²) in [4.78, 5) is 11.9. The van der Waals surface area contributed by atoms with Crippen LogP contribution in [-0.2, 0) is 26.0 Å². The summed E-state index contributed by atoms with van der Waals surface area (Å²) < 4.78 is 32.3. The Morgan fingerprint density at radius 2 is 1.96 bits per heavy atom. The predicted octanol–water partition coefficient (Wildman–Crippen LogP) is 0.150. The summed E-state index contributed by atoms with van der Waals surface area (Å²) in [6.45, 7) is 2.16. The van der Waals surface area contributed by atoms with E-state index < -0.39 is 27.3 Å². The molecule has 1 fully saturated rings. The number of sulfonamides is 1. The predicted molar refractivity (Wildman–Crippen MR) is 86.7 cm³/mol. The van der Waals surface area contributed by atoms with Crippen molar-refractivity contribution in [3.63, 3.8) is 0 Å². The molecule has 1 aliphatic rings. The van der Waals surface area contributed by atoms with E-state index in [1.54, 1.807) is 0 Å². The van der Waals surface area contributed by atoms with Crippen molar-refractivity contribution in [2.24, 2.45) is 5.92 Å². The van der Waals surface area contributed by atoms with E-state index in [4.69, 9.17) is 4.74 Å². The first-order valence-electron chi connectivity index (χ1n) is 7.61. The van der Waals surface area contributed by atoms with Crippen LogP contribution in [0.15, 0.2) is 30.3 Å². The summed E-state index contributed by atoms with van der Waals surface area (Å²) in [5.41, 5.74) is 6.62. The molecule has 3 N–H and O–H groups in total. The van der Waals surface area contributed by atoms with Gasteiger partial charge in [0.05, 0.1) is 7.11 Å². The van der Waals surface area contributed by atoms with Gasteiger partial charge >= 0.3 is 5.97 Å². The van der Waals surface area contributed by atoms with Gasteiger partial charge in [-0.15, -0.1) is 0 Å². The molecule has 0 spiro atoms. The van der Waals surface area contributed by atoms with Crippen LogP contribution in [-0.4, -0.2) is 39.5 Å². The molecule has 1 aromatic carbocycles. The Balaban J connectivity index is 2.01. The van der Waals surface area contributed by atoms with Crippen LogP contribution in [0, 0.1) is 5.92 Å². The first-order valence-corrected chi connectivity index (χ1v) is 9.15. The molecule has 3 atom stereocenters. The van der Waals surface area contributed by atoms with Gasteiger partial charge in [0.2, 0.25) is 10.0 Å². The first-order chi connectivity index (χ1) is 11.0. The summed E-state index contributed by atoms with van der Waals surface area (Å²) >= 11 is 0. The lowest BCUT2D eigenvalue weighted by Crippen LogP contribution is -2.47. The van der Waals surface area contributed by atoms with Crippen LogP contribution in [0.1, 0.15) is 18.9 Å². The fourth-order valence-corrected chi connectivity index (χ4v) is 4.18. The maximum atomic E-state index is 12.5. The van der Waals surface area contributed by atoms with E-state index in [9.17, 15) is 13.2 Å². The Hall–Kier alpha value is -1.48. The molecule has 0 radical (unpaired) electrons. The monoisotopic (exact) mass is 341 g/mol. The largest absolute Gasteiger partial charge is 0.469 e. The number of hydrazine groups is 1. The quantitative estimate of drug-likeness (QED) is 0.611. The van der Waals surface area contributed by atoms with E-state index in [0.717, 1.165) is 5.56 Å². The maximum absolute atomic E-state index is 12.5. The Bertz CT molecular complexity index is 621. The van der Waals surface area contributed by atoms with Gasteiger partial charge in [-0.1, -0.05) is 37.3 Å². The summed E-state index contributed by atoms with van der Waals surface area (Å²) in [7, 11) is -2.44. The van der Waals surface area contributed by atoms with Gasteiger partial charge in [0.1, 0.15) is 5.92 Å². The number of nitrogens with one attached hydrogen (secondary N) is 3. The Morgan fingerprint density at radius 1 is 1.26 bits per heavy atom. The third-order valence-electron chi connectivity index (χ3n) is 3.98. The number of esters is 1. The molecule has 1 aromatic rings. The molecule has 0 bridgehead atoms. The number of ether oxygens (including phenoxy) is 1. The van der Waals surface area contributed by atoms with Gasteiger partial charge in [-0.25, -0.2) is 18.6 Å². The van der Waals surface area contributed by atoms with E-state index in [1.807, 2.05) is 37.3 Å². The molecule has 7 nitrogen and oxygen atoms in total. The average molecular weight is 341 g/mol. The van der Waals surface area contributed by atoms with Crippen LogP contribution in [0.4, 0.5) is 0 Å². The summed E-state index contributed by atoms with van der Waals surface area (Å²) in [5, 5.41) is -1.05. The highest BCUT2D eigenvalue weighted by molar-refractivity contribution is 7.90. The molecule has 0 amide bonds. The van der Waals surface area contributed by atoms with Crippen molar-refractivity contribution < 1.29 is 17.9 Å². The third kappa shape index (κ3) is 4.29. The SMILES string of the molecule is CCC1NNC(S(=O)(=O)NCCc2ccccc2)C1C(=O)OC. The second kappa shape index (κ2) is 7.87. The van der Waals surface area contributed by atoms with Crippen molar-refractivity contribution in [3.8, 4) is 0 Å². The lowest BCUT2D eigenvalue weighted by Gasteiger charge is -2.20. The molecule has 8 heteroatoms. The molecule has 3 unspecified atom stereocenters. The van der Waals surface area contributed by atoms with E-state index in [1.165, 1.54) is 7.11 Å². The van der Waals surface area contributed by atoms with Crippen LogP contribution in [0.3, 0.4) is 0 Å². The maximum Gasteiger partial charge on any atom is 0.313 e. The van der Waals surface area contributed by atoms with Crippen molar-refractivity contribution in [3.05, 3.63) is 35.9 Å². The van der Waals surface area contributed by atoms with Gasteiger partial charge in [0.25, 0.3) is 0 Å². The molecule has 128 valence electrons. The van der Waals surface area contributed by atoms with Gasteiger partial charge < -0.3 is 4.74 Å². The van der Waals surface area contributed by atoms with Gasteiger partial charge in [0.15, 0.2) is 5.37 Å². The molecule has 0 aromatic heterocycles. The van der Waals surface area contributed by atoms with E-state index in [2.05, 4.69) is 15.6 Å². The van der Waals surface area contributed by atoms with Crippen LogP contribution in [0.25, 0.3) is 0 Å². The number of rotatable bonds is 7. The summed E-state index contributed by atoms with van der Waals surface area (Å²) in [5.74, 6) is -1.31. The molecule has 0 aliphatic carbocycles. The fraction of sp³-hybridized carbons (Fsp3) is 0.533. The van der Waals surface area contributed by atoms with Gasteiger partial charge in [0, 0.05) is 12.6 Å². The number of methoxy groups -OCH3 is 1. The minimum absolute atomic E-state index is 0.273. The van der Waals surface area contributed by atoms with Crippen molar-refractivity contribution in [2.45, 2.75) is 31.2 Å². The third-order valence-corrected chi connectivity index (χ3v) is 5.66. The number of carbonyl (C=O) groups excluding carboxylic acids is 1. The summed E-state index contributed by atoms with van der Waals surface area (Å²) in [6, 6.07) is 9.32. The van der Waals surface area contributed by atoms with E-state index >= 15 is 0 Å². The second-order valence-corrected chi connectivity index (χ2v) is 7.33. The van der Waals surface area contributed by atoms with Crippen LogP contribution < -0.4 is 15.6 Å². The zero-order valence-corrected chi connectivity index (χ0v) is 14.1. The molecule has 1 heterocycles. The number of benzene rings is 1. The van der Waals surface area contributed by atoms with Crippen molar-refractivity contribution >= 4 is 16.0 Å². The van der Waals surface area contributed by atoms with Gasteiger partial charge in [-0.05, 0) is 18.4 Å². The number of hydrogen-bond donors (Lipinski definition) is 3. The minimum atomic E-state index is -3.70. The van der Waals surface area contributed by atoms with Crippen LogP contribution in [0.5, 0.6) is 0 Å². The molecule has 1 aliphatic heterocycles. The Labute approximate surface area is 136 Å². The normalized spacial score (nSPS) is 24.5. The standard InChI is InChI=1S/C15H23N3O4S/c1-3-12-13(15(19)22-2)14(18-17-12)23(20,21)16-10-9-11-7-5-4-6-8-11/h4-8,12-14,16-18H,3,9-10H2,1-2H3. The molecule has 23 heavy (non-hydrogen) atoms. The van der Waals surface area contributed by atoms with Crippen molar-refractivity contribution in [2.75, 3.05) is 13.7 Å². The average Bonchev–Trinajstić information content (AvgIpc) is 3.00. The fourth-order valence-electron chi connectivity index (χ4n) is 2.70. The van der Waals surface area contributed by atoms with E-state index in [-0.39, 0.29) is 12.6 Å². The van der Waals surface area contributed by atoms with Crippen LogP contribution >= 0.6 is 0 Å². The zero-order valence-electron chi connectivity index (χ0n) is 13.3. The summed E-state index contributed by atoms with van der Waals surface area (Å²) in [6.07, 6.45) is 1.20. The Morgan fingerprint density at radius 3 is 2.57 bits per heavy atom. The van der Waals surface area contributed by atoms with Gasteiger partial charge in [-0.2, -0.15) is 0 Å². The topological polar surface area (TPSA) is 96.5 Å². The molecule has 0 saturated carbocycles. The molecule has 1 saturated heterocycles. The first kappa shape index (κ1) is 17.9. The minimum Gasteiger partial charge on any atom is -0.469 e. The number of carbonyl (C=O) groups is 1. The molecular weight excluding hydrogens is 318 g/mol. The Kier molecular flexibility index (Phi) is 6.11. The van der Waals surface area contributed by atoms with E-state index in [0.29, 0.717) is 12.8 Å². The van der Waals surface area contributed by atoms with Gasteiger partial charge in [-0.3, -0.25) is 10.2 Å². The lowest BCUT2D eigenvalue weighted by atomic mass is 10.00. The highest BCUT2D eigenvalue weighted by atomic mass is 32.2.